The molecule has 2 fully saturated rings. The number of aromatic amines is 1. The van der Waals surface area contributed by atoms with Crippen LogP contribution in [0.5, 0.6) is 0 Å². The second-order valence-electron chi connectivity index (χ2n) is 8.94. The highest BCUT2D eigenvalue weighted by Crippen LogP contribution is 2.47. The van der Waals surface area contributed by atoms with E-state index in [1.807, 2.05) is 25.4 Å². The van der Waals surface area contributed by atoms with Crippen LogP contribution in [-0.4, -0.2) is 34.7 Å². The molecule has 3 atom stereocenters. The molecule has 0 aromatic carbocycles. The van der Waals surface area contributed by atoms with Crippen molar-refractivity contribution in [3.8, 4) is 6.07 Å². The number of rotatable bonds is 5. The van der Waals surface area contributed by atoms with E-state index in [0.29, 0.717) is 16.8 Å². The molecule has 2 aliphatic rings. The summed E-state index contributed by atoms with van der Waals surface area (Å²) in [5.41, 5.74) is 2.18. The fraction of sp³-hybridized carbons (Fsp3) is 0.375. The minimum Gasteiger partial charge on any atom is -0.325 e. The second-order valence-corrected chi connectivity index (χ2v) is 8.94. The van der Waals surface area contributed by atoms with E-state index in [9.17, 15) is 10.1 Å². The molecule has 0 bridgehead atoms. The van der Waals surface area contributed by atoms with Crippen LogP contribution in [0.4, 0.5) is 0 Å². The van der Waals surface area contributed by atoms with Crippen molar-refractivity contribution in [1.82, 2.24) is 34.7 Å². The van der Waals surface area contributed by atoms with Crippen LogP contribution in [0.3, 0.4) is 0 Å². The predicted molar refractivity (Wildman–Crippen MR) is 120 cm³/mol. The zero-order valence-electron chi connectivity index (χ0n) is 18.1. The van der Waals surface area contributed by atoms with Gasteiger partial charge in [-0.3, -0.25) is 9.48 Å². The summed E-state index contributed by atoms with van der Waals surface area (Å²) >= 11 is 0. The summed E-state index contributed by atoms with van der Waals surface area (Å²) < 4.78 is 1.74. The van der Waals surface area contributed by atoms with Crippen molar-refractivity contribution in [3.05, 3.63) is 75.9 Å². The lowest BCUT2D eigenvalue weighted by atomic mass is 9.71. The first-order chi connectivity index (χ1) is 16.1. The molecule has 1 N–H and O–H groups in total. The molecule has 0 unspecified atom stereocenters. The maximum absolute atomic E-state index is 13.0. The average molecular weight is 438 g/mol. The van der Waals surface area contributed by atoms with E-state index >= 15 is 0 Å². The molecule has 6 rings (SSSR count). The molecule has 4 heterocycles. The number of hydrogen-bond donors (Lipinski definition) is 1. The molecule has 0 amide bonds. The molecular weight excluding hydrogens is 416 g/mol. The summed E-state index contributed by atoms with van der Waals surface area (Å²) in [5.74, 6) is 2.44. The van der Waals surface area contributed by atoms with Gasteiger partial charge >= 0.3 is 0 Å². The highest BCUT2D eigenvalue weighted by Gasteiger charge is 2.36. The van der Waals surface area contributed by atoms with Gasteiger partial charge in [-0.25, -0.2) is 19.9 Å². The summed E-state index contributed by atoms with van der Waals surface area (Å²) in [6.45, 7) is 1.98. The molecule has 4 aromatic rings. The Kier molecular flexibility index (Phi) is 4.54. The molecule has 2 saturated carbocycles. The van der Waals surface area contributed by atoms with E-state index in [-0.39, 0.29) is 29.1 Å². The van der Waals surface area contributed by atoms with Gasteiger partial charge in [0.25, 0.3) is 5.56 Å². The van der Waals surface area contributed by atoms with Crippen LogP contribution in [0.1, 0.15) is 85.0 Å². The fourth-order valence-corrected chi connectivity index (χ4v) is 4.70. The zero-order valence-corrected chi connectivity index (χ0v) is 18.1. The molecule has 0 spiro atoms. The van der Waals surface area contributed by atoms with Crippen LogP contribution in [0, 0.1) is 11.3 Å². The summed E-state index contributed by atoms with van der Waals surface area (Å²) in [5, 5.41) is 14.4. The van der Waals surface area contributed by atoms with Gasteiger partial charge in [-0.1, -0.05) is 0 Å². The van der Waals surface area contributed by atoms with E-state index in [1.54, 1.807) is 23.1 Å². The number of hydrogen-bond acceptors (Lipinski definition) is 7. The van der Waals surface area contributed by atoms with Gasteiger partial charge in [0.05, 0.1) is 11.6 Å². The standard InChI is InChI=1S/C24H22N8O/c1-13(15-11-28-22(29-12-15)14-3-4-14)32-20-9-18(30-24(33)21(20)19(10-25)31-32)16-5-6-17(16)23-26-7-2-8-27-23/h2,7-9,11-14,16-17H,3-6H2,1H3,(H,30,33)/t13-,16+,17+/m0/s1. The first-order valence-corrected chi connectivity index (χ1v) is 11.3. The summed E-state index contributed by atoms with van der Waals surface area (Å²) in [4.78, 5) is 33.9. The van der Waals surface area contributed by atoms with Gasteiger partial charge in [-0.05, 0) is 44.7 Å². The van der Waals surface area contributed by atoms with E-state index in [4.69, 9.17) is 0 Å². The monoisotopic (exact) mass is 438 g/mol. The number of aromatic nitrogens is 7. The first-order valence-electron chi connectivity index (χ1n) is 11.3. The van der Waals surface area contributed by atoms with Crippen molar-refractivity contribution < 1.29 is 0 Å². The van der Waals surface area contributed by atoms with Crippen LogP contribution < -0.4 is 5.56 Å². The van der Waals surface area contributed by atoms with Gasteiger partial charge in [0, 0.05) is 53.8 Å². The maximum atomic E-state index is 13.0. The SMILES string of the molecule is C[C@@H](c1cnc(C2CC2)nc1)n1nc(C#N)c2c(=O)[nH]c([C@@H]3CC[C@H]3c3ncccn3)cc21. The number of H-pyrrole nitrogens is 1. The second kappa shape index (κ2) is 7.59. The molecule has 0 saturated heterocycles. The number of nitriles is 1. The molecule has 9 nitrogen and oxygen atoms in total. The van der Waals surface area contributed by atoms with Crippen molar-refractivity contribution in [2.75, 3.05) is 0 Å². The lowest BCUT2D eigenvalue weighted by Crippen LogP contribution is -2.26. The smallest absolute Gasteiger partial charge is 0.260 e. The number of fused-ring (bicyclic) bond motifs is 1. The van der Waals surface area contributed by atoms with Gasteiger partial charge in [-0.15, -0.1) is 0 Å². The number of nitrogens with one attached hydrogen (secondary N) is 1. The Hall–Kier alpha value is -3.93. The Morgan fingerprint density at radius 2 is 1.79 bits per heavy atom. The third-order valence-electron chi connectivity index (χ3n) is 6.91. The summed E-state index contributed by atoms with van der Waals surface area (Å²) in [6.07, 6.45) is 11.3. The van der Waals surface area contributed by atoms with Gasteiger partial charge in [0.2, 0.25) is 0 Å². The minimum atomic E-state index is -0.294. The molecule has 2 aliphatic carbocycles. The van der Waals surface area contributed by atoms with Crippen molar-refractivity contribution in [3.63, 3.8) is 0 Å². The van der Waals surface area contributed by atoms with Crippen molar-refractivity contribution in [2.45, 2.75) is 56.4 Å². The molecule has 164 valence electrons. The van der Waals surface area contributed by atoms with Crippen LogP contribution in [0.25, 0.3) is 10.9 Å². The molecule has 0 aliphatic heterocycles. The van der Waals surface area contributed by atoms with Crippen molar-refractivity contribution in [2.24, 2.45) is 0 Å². The predicted octanol–water partition coefficient (Wildman–Crippen LogP) is 3.32. The molecular formula is C24H22N8O. The first kappa shape index (κ1) is 19.7. The number of pyridine rings is 1. The largest absolute Gasteiger partial charge is 0.325 e. The van der Waals surface area contributed by atoms with Gasteiger partial charge < -0.3 is 4.98 Å². The molecule has 9 heteroatoms. The average Bonchev–Trinajstić information content (AvgIpc) is 3.59. The highest BCUT2D eigenvalue weighted by atomic mass is 16.1. The van der Waals surface area contributed by atoms with Crippen LogP contribution in [0.15, 0.2) is 41.7 Å². The van der Waals surface area contributed by atoms with Gasteiger partial charge in [0.15, 0.2) is 5.69 Å². The highest BCUT2D eigenvalue weighted by molar-refractivity contribution is 5.84. The third kappa shape index (κ3) is 3.30. The summed E-state index contributed by atoms with van der Waals surface area (Å²) in [6, 6.07) is 5.61. The van der Waals surface area contributed by atoms with Gasteiger partial charge in [0.1, 0.15) is 23.1 Å². The Labute approximate surface area is 189 Å². The topological polar surface area (TPSA) is 126 Å². The lowest BCUT2D eigenvalue weighted by Gasteiger charge is -2.35. The van der Waals surface area contributed by atoms with Crippen molar-refractivity contribution >= 4 is 10.9 Å². The normalized spacial score (nSPS) is 20.8. The molecule has 4 aromatic heterocycles. The maximum Gasteiger partial charge on any atom is 0.260 e. The zero-order chi connectivity index (χ0) is 22.5. The van der Waals surface area contributed by atoms with Gasteiger partial charge in [-0.2, -0.15) is 10.4 Å². The molecule has 33 heavy (non-hydrogen) atoms. The Morgan fingerprint density at radius 3 is 2.42 bits per heavy atom. The van der Waals surface area contributed by atoms with Crippen LogP contribution in [0.2, 0.25) is 0 Å². The number of nitrogens with zero attached hydrogens (tertiary/aromatic N) is 7. The van der Waals surface area contributed by atoms with E-state index < -0.39 is 0 Å². The van der Waals surface area contributed by atoms with E-state index in [1.165, 1.54) is 0 Å². The van der Waals surface area contributed by atoms with Crippen LogP contribution in [-0.2, 0) is 0 Å². The van der Waals surface area contributed by atoms with E-state index in [2.05, 4.69) is 36.1 Å². The Bertz CT molecular complexity index is 1430. The summed E-state index contributed by atoms with van der Waals surface area (Å²) in [7, 11) is 0. The Balaban J connectivity index is 1.41. The minimum absolute atomic E-state index is 0.120. The van der Waals surface area contributed by atoms with Crippen molar-refractivity contribution in [1.29, 1.82) is 5.26 Å². The fourth-order valence-electron chi connectivity index (χ4n) is 4.70. The molecule has 0 radical (unpaired) electrons. The third-order valence-corrected chi connectivity index (χ3v) is 6.91. The quantitative estimate of drug-likeness (QED) is 0.506. The van der Waals surface area contributed by atoms with E-state index in [0.717, 1.165) is 48.6 Å². The lowest BCUT2D eigenvalue weighted by molar-refractivity contribution is 0.325. The Morgan fingerprint density at radius 1 is 1.06 bits per heavy atom. The van der Waals surface area contributed by atoms with Crippen LogP contribution >= 0.6 is 0 Å².